The highest BCUT2D eigenvalue weighted by Gasteiger charge is 2.35. The van der Waals surface area contributed by atoms with Crippen LogP contribution in [0.1, 0.15) is 12.8 Å². The van der Waals surface area contributed by atoms with E-state index >= 15 is 0 Å². The van der Waals surface area contributed by atoms with Gasteiger partial charge >= 0.3 is 18.2 Å². The molecule has 5 nitrogen and oxygen atoms in total. The summed E-state index contributed by atoms with van der Waals surface area (Å²) in [4.78, 5) is 22.8. The Morgan fingerprint density at radius 3 is 2.56 bits per heavy atom. The van der Waals surface area contributed by atoms with E-state index in [1.165, 1.54) is 0 Å². The summed E-state index contributed by atoms with van der Waals surface area (Å²) in [6.07, 6.45) is -3.74. The first-order chi connectivity index (χ1) is 7.31. The van der Waals surface area contributed by atoms with Crippen molar-refractivity contribution in [2.24, 2.45) is 0 Å². The van der Waals surface area contributed by atoms with Crippen LogP contribution in [0.4, 0.5) is 18.0 Å². The lowest BCUT2D eigenvalue weighted by molar-refractivity contribution is -0.141. The van der Waals surface area contributed by atoms with Gasteiger partial charge in [-0.25, -0.2) is 9.59 Å². The average molecular weight is 240 g/mol. The van der Waals surface area contributed by atoms with Crippen molar-refractivity contribution >= 4 is 12.0 Å². The molecule has 2 amide bonds. The average Bonchev–Trinajstić information content (AvgIpc) is 2.61. The number of hydrogen-bond acceptors (Lipinski definition) is 2. The van der Waals surface area contributed by atoms with Crippen molar-refractivity contribution in [1.29, 1.82) is 0 Å². The molecule has 1 fully saturated rings. The third-order valence-corrected chi connectivity index (χ3v) is 2.24. The van der Waals surface area contributed by atoms with Gasteiger partial charge in [0.05, 0.1) is 0 Å². The number of likely N-dealkylation sites (tertiary alicyclic amines) is 1. The van der Waals surface area contributed by atoms with Gasteiger partial charge in [0, 0.05) is 6.54 Å². The summed E-state index contributed by atoms with van der Waals surface area (Å²) in [5, 5.41) is 10.4. The molecular weight excluding hydrogens is 229 g/mol. The summed E-state index contributed by atoms with van der Waals surface area (Å²) in [7, 11) is 0. The number of hydrogen-bond donors (Lipinski definition) is 2. The Morgan fingerprint density at radius 1 is 1.44 bits per heavy atom. The highest BCUT2D eigenvalue weighted by molar-refractivity contribution is 5.83. The van der Waals surface area contributed by atoms with Gasteiger partial charge in [-0.15, -0.1) is 0 Å². The lowest BCUT2D eigenvalue weighted by Gasteiger charge is -2.22. The molecule has 0 saturated carbocycles. The Bertz CT molecular complexity index is 293. The van der Waals surface area contributed by atoms with E-state index in [4.69, 9.17) is 5.11 Å². The lowest BCUT2D eigenvalue weighted by atomic mass is 10.2. The van der Waals surface area contributed by atoms with Crippen LogP contribution in [0.5, 0.6) is 0 Å². The Hall–Kier alpha value is -1.47. The number of aliphatic carboxylic acids is 1. The third-order valence-electron chi connectivity index (χ3n) is 2.24. The maximum atomic E-state index is 11.8. The normalized spacial score (nSPS) is 20.9. The van der Waals surface area contributed by atoms with Crippen molar-refractivity contribution in [1.82, 2.24) is 10.2 Å². The number of urea groups is 1. The standard InChI is InChI=1S/C8H11F3N2O3/c9-8(10,11)4-12-7(16)13-3-1-2-5(13)6(14)15/h5H,1-4H2,(H,12,16)(H,14,15). The first-order valence-corrected chi connectivity index (χ1v) is 4.65. The van der Waals surface area contributed by atoms with Gasteiger partial charge in [-0.1, -0.05) is 0 Å². The molecular formula is C8H11F3N2O3. The van der Waals surface area contributed by atoms with Gasteiger partial charge in [-0.2, -0.15) is 13.2 Å². The molecule has 1 unspecified atom stereocenters. The fraction of sp³-hybridized carbons (Fsp3) is 0.750. The van der Waals surface area contributed by atoms with Gasteiger partial charge < -0.3 is 15.3 Å². The van der Waals surface area contributed by atoms with E-state index in [2.05, 4.69) is 0 Å². The fourth-order valence-electron chi connectivity index (χ4n) is 1.54. The molecule has 0 aromatic carbocycles. The van der Waals surface area contributed by atoms with Crippen molar-refractivity contribution in [3.8, 4) is 0 Å². The second-order valence-corrected chi connectivity index (χ2v) is 3.46. The molecule has 0 spiro atoms. The first kappa shape index (κ1) is 12.6. The van der Waals surface area contributed by atoms with Crippen LogP contribution < -0.4 is 5.32 Å². The van der Waals surface area contributed by atoms with Gasteiger partial charge in [-0.3, -0.25) is 0 Å². The maximum Gasteiger partial charge on any atom is 0.405 e. The summed E-state index contributed by atoms with van der Waals surface area (Å²) in [6.45, 7) is -1.28. The number of rotatable bonds is 2. The Balaban J connectivity index is 2.50. The molecule has 92 valence electrons. The minimum Gasteiger partial charge on any atom is -0.480 e. The van der Waals surface area contributed by atoms with E-state index in [1.807, 2.05) is 0 Å². The topological polar surface area (TPSA) is 69.6 Å². The zero-order valence-corrected chi connectivity index (χ0v) is 8.25. The lowest BCUT2D eigenvalue weighted by Crippen LogP contribution is -2.48. The van der Waals surface area contributed by atoms with Crippen molar-refractivity contribution in [2.45, 2.75) is 25.1 Å². The minimum atomic E-state index is -4.49. The van der Waals surface area contributed by atoms with Gasteiger partial charge in [0.1, 0.15) is 12.6 Å². The van der Waals surface area contributed by atoms with E-state index in [1.54, 1.807) is 5.32 Å². The van der Waals surface area contributed by atoms with Crippen molar-refractivity contribution in [2.75, 3.05) is 13.1 Å². The summed E-state index contributed by atoms with van der Waals surface area (Å²) in [5.74, 6) is -1.19. The van der Waals surface area contributed by atoms with E-state index in [9.17, 15) is 22.8 Å². The smallest absolute Gasteiger partial charge is 0.405 e. The zero-order chi connectivity index (χ0) is 12.3. The molecule has 2 N–H and O–H groups in total. The molecule has 0 aromatic rings. The summed E-state index contributed by atoms with van der Waals surface area (Å²) in [6, 6.07) is -2.00. The van der Waals surface area contributed by atoms with Crippen molar-refractivity contribution < 1.29 is 27.9 Å². The number of nitrogens with one attached hydrogen (secondary N) is 1. The molecule has 0 radical (unpaired) electrons. The third kappa shape index (κ3) is 3.28. The van der Waals surface area contributed by atoms with Crippen molar-refractivity contribution in [3.63, 3.8) is 0 Å². The molecule has 1 rings (SSSR count). The molecule has 16 heavy (non-hydrogen) atoms. The summed E-state index contributed by atoms with van der Waals surface area (Å²) in [5.41, 5.74) is 0. The molecule has 0 aliphatic carbocycles. The highest BCUT2D eigenvalue weighted by Crippen LogP contribution is 2.18. The Labute approximate surface area is 89.2 Å². The fourth-order valence-corrected chi connectivity index (χ4v) is 1.54. The van der Waals surface area contributed by atoms with Gasteiger partial charge in [0.15, 0.2) is 0 Å². The van der Waals surface area contributed by atoms with Crippen LogP contribution in [-0.4, -0.2) is 47.3 Å². The van der Waals surface area contributed by atoms with E-state index in [-0.39, 0.29) is 13.0 Å². The van der Waals surface area contributed by atoms with Crippen LogP contribution in [0, 0.1) is 0 Å². The maximum absolute atomic E-state index is 11.8. The van der Waals surface area contributed by atoms with Crippen LogP contribution in [-0.2, 0) is 4.79 Å². The second-order valence-electron chi connectivity index (χ2n) is 3.46. The number of carbonyl (C=O) groups excluding carboxylic acids is 1. The number of halogens is 3. The quantitative estimate of drug-likeness (QED) is 0.750. The van der Waals surface area contributed by atoms with Gasteiger partial charge in [-0.05, 0) is 12.8 Å². The molecule has 0 bridgehead atoms. The summed E-state index contributed by atoms with van der Waals surface area (Å²) < 4.78 is 35.4. The molecule has 1 aliphatic rings. The molecule has 1 saturated heterocycles. The Morgan fingerprint density at radius 2 is 2.06 bits per heavy atom. The molecule has 1 heterocycles. The molecule has 1 aliphatic heterocycles. The van der Waals surface area contributed by atoms with Crippen LogP contribution in [0.25, 0.3) is 0 Å². The number of carbonyl (C=O) groups is 2. The largest absolute Gasteiger partial charge is 0.480 e. The van der Waals surface area contributed by atoms with Crippen LogP contribution in [0.15, 0.2) is 0 Å². The van der Waals surface area contributed by atoms with E-state index in [0.717, 1.165) is 4.90 Å². The van der Waals surface area contributed by atoms with E-state index in [0.29, 0.717) is 6.42 Å². The number of amides is 2. The Kier molecular flexibility index (Phi) is 3.61. The summed E-state index contributed by atoms with van der Waals surface area (Å²) >= 11 is 0. The van der Waals surface area contributed by atoms with Crippen LogP contribution >= 0.6 is 0 Å². The SMILES string of the molecule is O=C(O)C1CCCN1C(=O)NCC(F)(F)F. The van der Waals surface area contributed by atoms with Crippen LogP contribution in [0.2, 0.25) is 0 Å². The number of alkyl halides is 3. The van der Waals surface area contributed by atoms with Gasteiger partial charge in [0.25, 0.3) is 0 Å². The van der Waals surface area contributed by atoms with Gasteiger partial charge in [0.2, 0.25) is 0 Å². The predicted molar refractivity (Wildman–Crippen MR) is 46.8 cm³/mol. The first-order valence-electron chi connectivity index (χ1n) is 4.65. The minimum absolute atomic E-state index is 0.167. The predicted octanol–water partition coefficient (Wildman–Crippen LogP) is 0.807. The number of nitrogens with zero attached hydrogens (tertiary/aromatic N) is 1. The molecule has 1 atom stereocenters. The second kappa shape index (κ2) is 4.58. The molecule has 8 heteroatoms. The monoisotopic (exact) mass is 240 g/mol. The van der Waals surface area contributed by atoms with Crippen LogP contribution in [0.3, 0.4) is 0 Å². The van der Waals surface area contributed by atoms with Crippen molar-refractivity contribution in [3.05, 3.63) is 0 Å². The number of carboxylic acids is 1. The number of carboxylic acid groups (broad SMARTS) is 1. The highest BCUT2D eigenvalue weighted by atomic mass is 19.4. The zero-order valence-electron chi connectivity index (χ0n) is 8.25. The molecule has 0 aromatic heterocycles. The van der Waals surface area contributed by atoms with E-state index < -0.39 is 30.8 Å².